The average Bonchev–Trinajstić information content (AvgIpc) is 3.37. The van der Waals surface area contributed by atoms with Gasteiger partial charge in [0.25, 0.3) is 0 Å². The molecule has 7 heteroatoms. The second-order valence-corrected chi connectivity index (χ2v) is 15.6. The molecule has 0 unspecified atom stereocenters. The van der Waals surface area contributed by atoms with E-state index >= 15 is 0 Å². The van der Waals surface area contributed by atoms with Gasteiger partial charge in [0.05, 0.1) is 18.3 Å². The Kier molecular flexibility index (Phi) is 6.87. The molecule has 3 saturated heterocycles. The van der Waals surface area contributed by atoms with Gasteiger partial charge in [0.15, 0.2) is 6.29 Å². The van der Waals surface area contributed by atoms with E-state index in [1.165, 1.54) is 31.3 Å². The number of aliphatic hydroxyl groups excluding tert-OH is 3. The number of piperidine rings is 1. The first-order chi connectivity index (χ1) is 19.0. The maximum absolute atomic E-state index is 10.5. The van der Waals surface area contributed by atoms with Crippen LogP contribution in [-0.4, -0.2) is 70.5 Å². The maximum atomic E-state index is 10.5. The molecular weight excluding hydrogens is 506 g/mol. The molecule has 4 N–H and O–H groups in total. The summed E-state index contributed by atoms with van der Waals surface area (Å²) in [5.74, 6) is 4.12. The van der Waals surface area contributed by atoms with Crippen LogP contribution in [-0.2, 0) is 14.2 Å². The zero-order valence-corrected chi connectivity index (χ0v) is 25.2. The molecular formula is C33H53NO6. The Balaban J connectivity index is 1.06. The normalized spacial score (nSPS) is 59.5. The lowest BCUT2D eigenvalue weighted by atomic mass is 9.47. The standard InChI is InChI=1S/C33H53NO6/c1-17-8-13-33(34-16-17)18(2)26-25(40-33)15-24-22-7-6-20-14-21(39-30-29(37)28(36)27(35)19(3)38-30)9-11-31(20,4)23(22)10-12-32(24,26)5/h6,17-19,21-30,34-37H,7-16H2,1-5H3/t17-,18+,19+,21+,22-,23+,24+,25+,26+,27+,28-,29-,30+,31+,32+,33-/m1/s1. The van der Waals surface area contributed by atoms with Crippen LogP contribution >= 0.6 is 0 Å². The van der Waals surface area contributed by atoms with Crippen LogP contribution in [0.15, 0.2) is 11.6 Å². The number of ether oxygens (including phenoxy) is 3. The highest BCUT2D eigenvalue weighted by Gasteiger charge is 2.68. The van der Waals surface area contributed by atoms with Crippen molar-refractivity contribution in [3.05, 3.63) is 11.6 Å². The van der Waals surface area contributed by atoms with E-state index in [4.69, 9.17) is 14.2 Å². The van der Waals surface area contributed by atoms with E-state index in [0.717, 1.165) is 56.4 Å². The molecule has 0 bridgehead atoms. The Morgan fingerprint density at radius 2 is 1.75 bits per heavy atom. The molecule has 4 aliphatic carbocycles. The summed E-state index contributed by atoms with van der Waals surface area (Å²) in [6.07, 6.45) is 8.12. The largest absolute Gasteiger partial charge is 0.388 e. The topological polar surface area (TPSA) is 100 Å². The van der Waals surface area contributed by atoms with Crippen molar-refractivity contribution >= 4 is 0 Å². The van der Waals surface area contributed by atoms with Gasteiger partial charge in [-0.3, -0.25) is 5.32 Å². The number of allylic oxidation sites excluding steroid dienone is 1. The second kappa shape index (κ2) is 9.73. The van der Waals surface area contributed by atoms with Gasteiger partial charge in [0, 0.05) is 12.5 Å². The van der Waals surface area contributed by atoms with Gasteiger partial charge in [-0.15, -0.1) is 0 Å². The van der Waals surface area contributed by atoms with Crippen LogP contribution in [0.3, 0.4) is 0 Å². The lowest BCUT2D eigenvalue weighted by Crippen LogP contribution is -2.58. The molecule has 226 valence electrons. The molecule has 0 amide bonds. The molecule has 40 heavy (non-hydrogen) atoms. The molecule has 7 aliphatic rings. The first-order valence-electron chi connectivity index (χ1n) is 16.4. The summed E-state index contributed by atoms with van der Waals surface area (Å²) < 4.78 is 19.1. The highest BCUT2D eigenvalue weighted by Crippen LogP contribution is 2.70. The van der Waals surface area contributed by atoms with Crippen molar-refractivity contribution in [2.45, 2.75) is 141 Å². The summed E-state index contributed by atoms with van der Waals surface area (Å²) in [6, 6.07) is 0. The van der Waals surface area contributed by atoms with E-state index < -0.39 is 30.7 Å². The van der Waals surface area contributed by atoms with Crippen LogP contribution in [0.2, 0.25) is 0 Å². The van der Waals surface area contributed by atoms with Gasteiger partial charge in [-0.25, -0.2) is 0 Å². The minimum absolute atomic E-state index is 0.0407. The zero-order valence-electron chi connectivity index (χ0n) is 25.2. The molecule has 0 aromatic rings. The van der Waals surface area contributed by atoms with Crippen molar-refractivity contribution in [2.24, 2.45) is 46.3 Å². The summed E-state index contributed by atoms with van der Waals surface area (Å²) in [7, 11) is 0. The third-order valence-corrected chi connectivity index (χ3v) is 13.7. The minimum atomic E-state index is -1.25. The number of hydrogen-bond acceptors (Lipinski definition) is 7. The van der Waals surface area contributed by atoms with Crippen molar-refractivity contribution in [3.63, 3.8) is 0 Å². The Hall–Kier alpha value is -0.540. The Morgan fingerprint density at radius 1 is 0.950 bits per heavy atom. The number of aliphatic hydroxyl groups is 3. The first-order valence-corrected chi connectivity index (χ1v) is 16.4. The molecule has 7 nitrogen and oxygen atoms in total. The molecule has 6 fully saturated rings. The molecule has 3 saturated carbocycles. The quantitative estimate of drug-likeness (QED) is 0.378. The highest BCUT2D eigenvalue weighted by molar-refractivity contribution is 5.26. The molecule has 0 aromatic heterocycles. The number of rotatable bonds is 2. The van der Waals surface area contributed by atoms with Crippen molar-refractivity contribution in [3.8, 4) is 0 Å². The fourth-order valence-electron chi connectivity index (χ4n) is 11.3. The Bertz CT molecular complexity index is 1010. The van der Waals surface area contributed by atoms with E-state index in [1.54, 1.807) is 6.92 Å². The zero-order chi connectivity index (χ0) is 28.2. The molecule has 3 heterocycles. The second-order valence-electron chi connectivity index (χ2n) is 15.6. The Labute approximate surface area is 240 Å². The van der Waals surface area contributed by atoms with Crippen LogP contribution in [0.4, 0.5) is 0 Å². The summed E-state index contributed by atoms with van der Waals surface area (Å²) in [6.45, 7) is 12.8. The van der Waals surface area contributed by atoms with Gasteiger partial charge in [0.2, 0.25) is 0 Å². The monoisotopic (exact) mass is 559 g/mol. The summed E-state index contributed by atoms with van der Waals surface area (Å²) in [5.41, 5.74) is 1.98. The van der Waals surface area contributed by atoms with Gasteiger partial charge < -0.3 is 29.5 Å². The van der Waals surface area contributed by atoms with Crippen molar-refractivity contribution < 1.29 is 29.5 Å². The average molecular weight is 560 g/mol. The van der Waals surface area contributed by atoms with Gasteiger partial charge >= 0.3 is 0 Å². The van der Waals surface area contributed by atoms with Crippen LogP contribution in [0.5, 0.6) is 0 Å². The molecule has 0 aromatic carbocycles. The van der Waals surface area contributed by atoms with E-state index in [-0.39, 0.29) is 17.2 Å². The minimum Gasteiger partial charge on any atom is -0.388 e. The Morgan fingerprint density at radius 3 is 2.50 bits per heavy atom. The lowest BCUT2D eigenvalue weighted by molar-refractivity contribution is -0.305. The van der Waals surface area contributed by atoms with Crippen LogP contribution in [0.1, 0.15) is 92.4 Å². The van der Waals surface area contributed by atoms with Gasteiger partial charge in [-0.1, -0.05) is 39.3 Å². The van der Waals surface area contributed by atoms with Crippen molar-refractivity contribution in [1.82, 2.24) is 5.32 Å². The van der Waals surface area contributed by atoms with Gasteiger partial charge in [-0.2, -0.15) is 0 Å². The van der Waals surface area contributed by atoms with Crippen LogP contribution in [0.25, 0.3) is 0 Å². The molecule has 16 atom stereocenters. The van der Waals surface area contributed by atoms with Crippen LogP contribution in [0, 0.1) is 46.3 Å². The SMILES string of the molecule is C[C@@H]1CC[C@@]2(NC1)O[C@H]1C[C@H]3[C@@H]4CC=C5C[C@@H](O[C@@H]6O[C@@H](C)[C@H](O)[C@@H](O)[C@H]6O)CC[C@]5(C)[C@H]4CC[C@]3(C)[C@H]1[C@@H]2C. The van der Waals surface area contributed by atoms with E-state index in [2.05, 4.69) is 39.1 Å². The molecule has 1 spiro atoms. The molecule has 0 radical (unpaired) electrons. The fourth-order valence-corrected chi connectivity index (χ4v) is 11.3. The third-order valence-electron chi connectivity index (χ3n) is 13.7. The van der Waals surface area contributed by atoms with Crippen molar-refractivity contribution in [1.29, 1.82) is 0 Å². The number of hydrogen-bond donors (Lipinski definition) is 4. The van der Waals surface area contributed by atoms with Gasteiger partial charge in [0.1, 0.15) is 24.0 Å². The van der Waals surface area contributed by atoms with E-state index in [1.807, 2.05) is 0 Å². The van der Waals surface area contributed by atoms with Crippen LogP contribution < -0.4 is 5.32 Å². The fraction of sp³-hybridized carbons (Fsp3) is 0.939. The maximum Gasteiger partial charge on any atom is 0.186 e. The smallest absolute Gasteiger partial charge is 0.186 e. The predicted molar refractivity (Wildman–Crippen MR) is 151 cm³/mol. The number of fused-ring (bicyclic) bond motifs is 7. The summed E-state index contributed by atoms with van der Waals surface area (Å²) in [4.78, 5) is 0. The summed E-state index contributed by atoms with van der Waals surface area (Å²) >= 11 is 0. The van der Waals surface area contributed by atoms with E-state index in [0.29, 0.717) is 29.3 Å². The molecule has 7 rings (SSSR count). The van der Waals surface area contributed by atoms with Gasteiger partial charge in [-0.05, 0) is 105 Å². The molecule has 3 aliphatic heterocycles. The van der Waals surface area contributed by atoms with Crippen molar-refractivity contribution in [2.75, 3.05) is 6.54 Å². The third kappa shape index (κ3) is 4.01. The predicted octanol–water partition coefficient (Wildman–Crippen LogP) is 4.14. The van der Waals surface area contributed by atoms with E-state index in [9.17, 15) is 15.3 Å². The highest BCUT2D eigenvalue weighted by atomic mass is 16.7. The number of nitrogens with one attached hydrogen (secondary N) is 1. The lowest BCUT2D eigenvalue weighted by Gasteiger charge is -2.59. The first kappa shape index (κ1) is 28.2. The summed E-state index contributed by atoms with van der Waals surface area (Å²) in [5, 5.41) is 34.7.